The maximum Gasteiger partial charge on any atom is 0.387 e. The van der Waals surface area contributed by atoms with Crippen LogP contribution in [0.1, 0.15) is 10.4 Å². The number of anilines is 1. The van der Waals surface area contributed by atoms with E-state index in [9.17, 15) is 22.8 Å². The van der Waals surface area contributed by atoms with Crippen LogP contribution in [-0.4, -0.2) is 25.1 Å². The molecule has 0 saturated heterocycles. The number of alkyl halides is 2. The van der Waals surface area contributed by atoms with Gasteiger partial charge < -0.3 is 14.8 Å². The number of hydrogen-bond donors (Lipinski definition) is 1. The Kier molecular flexibility index (Phi) is 6.24. The highest BCUT2D eigenvalue weighted by Crippen LogP contribution is 2.20. The molecule has 0 saturated carbocycles. The lowest BCUT2D eigenvalue weighted by Gasteiger charge is -2.09. The van der Waals surface area contributed by atoms with Crippen LogP contribution in [0.2, 0.25) is 5.02 Å². The molecule has 2 aromatic carbocycles. The van der Waals surface area contributed by atoms with E-state index in [1.807, 2.05) is 0 Å². The molecule has 0 aromatic heterocycles. The summed E-state index contributed by atoms with van der Waals surface area (Å²) >= 11 is 5.69. The Balaban J connectivity index is 1.93. The van der Waals surface area contributed by atoms with Crippen molar-refractivity contribution < 1.29 is 32.2 Å². The largest absolute Gasteiger partial charge is 0.452 e. The predicted octanol–water partition coefficient (Wildman–Crippen LogP) is 3.88. The van der Waals surface area contributed by atoms with Crippen LogP contribution in [0.5, 0.6) is 5.75 Å². The summed E-state index contributed by atoms with van der Waals surface area (Å²) in [5, 5.41) is 2.41. The lowest BCUT2D eigenvalue weighted by Crippen LogP contribution is -2.21. The summed E-state index contributed by atoms with van der Waals surface area (Å²) in [4.78, 5) is 23.5. The molecule has 0 heterocycles. The molecule has 25 heavy (non-hydrogen) atoms. The standard InChI is InChI=1S/C16H11ClF3NO4/c17-10-4-5-12(18)13(7-10)21-14(22)8-24-15(23)9-2-1-3-11(6-9)25-16(19)20/h1-7,16H,8H2,(H,21,22). The van der Waals surface area contributed by atoms with Gasteiger partial charge in [0.2, 0.25) is 0 Å². The molecule has 0 fully saturated rings. The average molecular weight is 374 g/mol. The van der Waals surface area contributed by atoms with E-state index in [0.29, 0.717) is 0 Å². The quantitative estimate of drug-likeness (QED) is 0.780. The molecule has 0 bridgehead atoms. The Morgan fingerprint density at radius 1 is 1.16 bits per heavy atom. The number of rotatable bonds is 6. The number of hydrogen-bond acceptors (Lipinski definition) is 4. The maximum absolute atomic E-state index is 13.5. The second-order valence-electron chi connectivity index (χ2n) is 4.65. The van der Waals surface area contributed by atoms with E-state index in [0.717, 1.165) is 12.1 Å². The molecule has 1 N–H and O–H groups in total. The molecule has 0 radical (unpaired) electrons. The zero-order valence-electron chi connectivity index (χ0n) is 12.5. The van der Waals surface area contributed by atoms with E-state index in [-0.39, 0.29) is 22.0 Å². The third-order valence-corrected chi connectivity index (χ3v) is 3.07. The fraction of sp³-hybridized carbons (Fsp3) is 0.125. The lowest BCUT2D eigenvalue weighted by atomic mass is 10.2. The van der Waals surface area contributed by atoms with Gasteiger partial charge in [-0.25, -0.2) is 9.18 Å². The number of esters is 1. The molecule has 0 aliphatic rings. The summed E-state index contributed by atoms with van der Waals surface area (Å²) in [6.45, 7) is -3.74. The van der Waals surface area contributed by atoms with Gasteiger partial charge in [0.15, 0.2) is 6.61 Å². The predicted molar refractivity (Wildman–Crippen MR) is 83.4 cm³/mol. The number of ether oxygens (including phenoxy) is 2. The van der Waals surface area contributed by atoms with Gasteiger partial charge in [0.05, 0.1) is 11.3 Å². The number of nitrogens with one attached hydrogen (secondary N) is 1. The molecule has 1 amide bonds. The molecule has 5 nitrogen and oxygen atoms in total. The summed E-state index contributed by atoms with van der Waals surface area (Å²) in [6.07, 6.45) is 0. The molecule has 2 aromatic rings. The molecule has 0 atom stereocenters. The normalized spacial score (nSPS) is 10.4. The van der Waals surface area contributed by atoms with Gasteiger partial charge in [-0.05, 0) is 36.4 Å². The van der Waals surface area contributed by atoms with Crippen LogP contribution in [0.4, 0.5) is 18.9 Å². The van der Waals surface area contributed by atoms with E-state index in [1.165, 1.54) is 30.3 Å². The first-order valence-corrected chi connectivity index (χ1v) is 7.20. The Hall–Kier alpha value is -2.74. The van der Waals surface area contributed by atoms with Gasteiger partial charge in [0, 0.05) is 5.02 Å². The Bertz CT molecular complexity index is 786. The van der Waals surface area contributed by atoms with Crippen molar-refractivity contribution in [3.05, 3.63) is 58.9 Å². The van der Waals surface area contributed by atoms with E-state index in [2.05, 4.69) is 10.1 Å². The third-order valence-electron chi connectivity index (χ3n) is 2.83. The van der Waals surface area contributed by atoms with Crippen molar-refractivity contribution in [1.82, 2.24) is 0 Å². The number of amides is 1. The van der Waals surface area contributed by atoms with Crippen molar-refractivity contribution >= 4 is 29.2 Å². The molecular weight excluding hydrogens is 363 g/mol. The second-order valence-corrected chi connectivity index (χ2v) is 5.09. The molecule has 0 unspecified atom stereocenters. The summed E-state index contributed by atoms with van der Waals surface area (Å²) in [5.74, 6) is -2.66. The minimum Gasteiger partial charge on any atom is -0.452 e. The van der Waals surface area contributed by atoms with E-state index in [4.69, 9.17) is 16.3 Å². The number of carbonyl (C=O) groups excluding carboxylic acids is 2. The highest BCUT2D eigenvalue weighted by atomic mass is 35.5. The van der Waals surface area contributed by atoms with Gasteiger partial charge in [-0.15, -0.1) is 0 Å². The summed E-state index contributed by atoms with van der Waals surface area (Å²) < 4.78 is 46.7. The zero-order chi connectivity index (χ0) is 18.4. The topological polar surface area (TPSA) is 64.6 Å². The molecule has 132 valence electrons. The second kappa shape index (κ2) is 8.39. The van der Waals surface area contributed by atoms with Gasteiger partial charge >= 0.3 is 12.6 Å². The fourth-order valence-corrected chi connectivity index (χ4v) is 1.97. The highest BCUT2D eigenvalue weighted by molar-refractivity contribution is 6.30. The molecule has 9 heteroatoms. The smallest absolute Gasteiger partial charge is 0.387 e. The minimum absolute atomic E-state index is 0.0834. The lowest BCUT2D eigenvalue weighted by molar-refractivity contribution is -0.119. The van der Waals surface area contributed by atoms with Crippen molar-refractivity contribution in [2.75, 3.05) is 11.9 Å². The van der Waals surface area contributed by atoms with Crippen molar-refractivity contribution in [3.8, 4) is 5.75 Å². The van der Waals surface area contributed by atoms with E-state index in [1.54, 1.807) is 0 Å². The van der Waals surface area contributed by atoms with Crippen LogP contribution in [0.15, 0.2) is 42.5 Å². The first-order chi connectivity index (χ1) is 11.8. The SMILES string of the molecule is O=C(COC(=O)c1cccc(OC(F)F)c1)Nc1cc(Cl)ccc1F. The molecule has 0 aliphatic heterocycles. The minimum atomic E-state index is -3.04. The van der Waals surface area contributed by atoms with Crippen molar-refractivity contribution in [2.24, 2.45) is 0 Å². The van der Waals surface area contributed by atoms with Crippen LogP contribution in [0.3, 0.4) is 0 Å². The Morgan fingerprint density at radius 2 is 1.92 bits per heavy atom. The number of benzene rings is 2. The summed E-state index contributed by atoms with van der Waals surface area (Å²) in [6, 6.07) is 8.47. The van der Waals surface area contributed by atoms with Crippen molar-refractivity contribution in [1.29, 1.82) is 0 Å². The van der Waals surface area contributed by atoms with Crippen molar-refractivity contribution in [2.45, 2.75) is 6.61 Å². The molecule has 0 spiro atoms. The molecule has 2 rings (SSSR count). The third kappa shape index (κ3) is 5.68. The maximum atomic E-state index is 13.5. The van der Waals surface area contributed by atoms with Crippen molar-refractivity contribution in [3.63, 3.8) is 0 Å². The first kappa shape index (κ1) is 18.6. The van der Waals surface area contributed by atoms with E-state index < -0.39 is 30.9 Å². The molecule has 0 aliphatic carbocycles. The number of carbonyl (C=O) groups is 2. The summed E-state index contributed by atoms with van der Waals surface area (Å²) in [7, 11) is 0. The van der Waals surface area contributed by atoms with Crippen LogP contribution in [0.25, 0.3) is 0 Å². The Morgan fingerprint density at radius 3 is 2.64 bits per heavy atom. The monoisotopic (exact) mass is 373 g/mol. The highest BCUT2D eigenvalue weighted by Gasteiger charge is 2.14. The van der Waals surface area contributed by atoms with Gasteiger partial charge in [-0.3, -0.25) is 4.79 Å². The fourth-order valence-electron chi connectivity index (χ4n) is 1.79. The van der Waals surface area contributed by atoms with Crippen LogP contribution in [-0.2, 0) is 9.53 Å². The Labute approximate surface area is 145 Å². The van der Waals surface area contributed by atoms with Gasteiger partial charge in [0.1, 0.15) is 11.6 Å². The number of halogens is 4. The van der Waals surface area contributed by atoms with E-state index >= 15 is 0 Å². The van der Waals surface area contributed by atoms with Crippen LogP contribution in [0, 0.1) is 5.82 Å². The summed E-state index contributed by atoms with van der Waals surface area (Å²) in [5.41, 5.74) is -0.249. The van der Waals surface area contributed by atoms with Gasteiger partial charge in [0.25, 0.3) is 5.91 Å². The van der Waals surface area contributed by atoms with Gasteiger partial charge in [-0.2, -0.15) is 8.78 Å². The van der Waals surface area contributed by atoms with Gasteiger partial charge in [-0.1, -0.05) is 17.7 Å². The molecular formula is C16H11ClF3NO4. The van der Waals surface area contributed by atoms with Crippen LogP contribution >= 0.6 is 11.6 Å². The van der Waals surface area contributed by atoms with Crippen LogP contribution < -0.4 is 10.1 Å². The first-order valence-electron chi connectivity index (χ1n) is 6.82. The average Bonchev–Trinajstić information content (AvgIpc) is 2.55. The zero-order valence-corrected chi connectivity index (χ0v) is 13.2.